The molecule has 1 aliphatic rings. The zero-order valence-corrected chi connectivity index (χ0v) is 21.9. The minimum atomic E-state index is -1.04. The van der Waals surface area contributed by atoms with Gasteiger partial charge in [-0.2, -0.15) is 5.26 Å². The molecular weight excluding hydrogens is 510 g/mol. The molecule has 2 aromatic carbocycles. The van der Waals surface area contributed by atoms with E-state index in [-0.39, 0.29) is 18.3 Å². The zero-order valence-electron chi connectivity index (χ0n) is 21.9. The molecule has 1 amide bonds. The summed E-state index contributed by atoms with van der Waals surface area (Å²) in [7, 11) is 1.73. The molecule has 0 aliphatic carbocycles. The number of hydrogen-bond acceptors (Lipinski definition) is 6. The maximum Gasteiger partial charge on any atom is 0.329 e. The first kappa shape index (κ1) is 26.6. The molecule has 0 unspecified atom stereocenters. The summed E-state index contributed by atoms with van der Waals surface area (Å²) < 4.78 is 8.50. The summed E-state index contributed by atoms with van der Waals surface area (Å²) in [6, 6.07) is 21.9. The first-order valence-corrected chi connectivity index (χ1v) is 12.8. The largest absolute Gasteiger partial charge is 0.480 e. The van der Waals surface area contributed by atoms with Crippen molar-refractivity contribution in [1.82, 2.24) is 19.2 Å². The van der Waals surface area contributed by atoms with E-state index in [0.717, 1.165) is 11.3 Å². The van der Waals surface area contributed by atoms with Crippen molar-refractivity contribution in [1.29, 1.82) is 5.26 Å². The maximum absolute atomic E-state index is 13.9. The van der Waals surface area contributed by atoms with Gasteiger partial charge in [0.1, 0.15) is 12.2 Å². The normalized spacial score (nSPS) is 13.7. The van der Waals surface area contributed by atoms with Crippen molar-refractivity contribution in [3.8, 4) is 34.3 Å². The van der Waals surface area contributed by atoms with Crippen molar-refractivity contribution in [3.05, 3.63) is 94.4 Å². The fraction of sp³-hybridized carbons (Fsp3) is 0.233. The number of nitriles is 1. The molecule has 2 aromatic heterocycles. The predicted molar refractivity (Wildman–Crippen MR) is 147 cm³/mol. The van der Waals surface area contributed by atoms with Crippen molar-refractivity contribution >= 4 is 11.9 Å². The number of hydrogen-bond donors (Lipinski definition) is 1. The van der Waals surface area contributed by atoms with E-state index in [1.54, 1.807) is 47.1 Å². The van der Waals surface area contributed by atoms with E-state index in [1.807, 2.05) is 42.5 Å². The molecule has 10 nitrogen and oxygen atoms in total. The van der Waals surface area contributed by atoms with Crippen molar-refractivity contribution in [3.63, 3.8) is 0 Å². The molecule has 0 atom stereocenters. The van der Waals surface area contributed by atoms with E-state index in [0.29, 0.717) is 48.4 Å². The van der Waals surface area contributed by atoms with Gasteiger partial charge in [-0.05, 0) is 49.2 Å². The number of benzene rings is 2. The van der Waals surface area contributed by atoms with Crippen LogP contribution in [0.15, 0.2) is 77.7 Å². The van der Waals surface area contributed by atoms with Gasteiger partial charge in [-0.1, -0.05) is 30.3 Å². The summed E-state index contributed by atoms with van der Waals surface area (Å²) in [5.74, 6) is -1.43. The molecular formula is C30H27N5O5. The fourth-order valence-corrected chi connectivity index (χ4v) is 5.00. The van der Waals surface area contributed by atoms with Crippen LogP contribution >= 0.6 is 0 Å². The van der Waals surface area contributed by atoms with Gasteiger partial charge in [0.25, 0.3) is 11.5 Å². The molecule has 3 heterocycles. The van der Waals surface area contributed by atoms with Crippen LogP contribution in [-0.2, 0) is 16.6 Å². The fourth-order valence-electron chi connectivity index (χ4n) is 5.00. The van der Waals surface area contributed by atoms with Crippen molar-refractivity contribution in [2.45, 2.75) is 18.9 Å². The summed E-state index contributed by atoms with van der Waals surface area (Å²) >= 11 is 0. The van der Waals surface area contributed by atoms with Crippen LogP contribution in [0.25, 0.3) is 28.2 Å². The van der Waals surface area contributed by atoms with Crippen LogP contribution in [0.3, 0.4) is 0 Å². The monoisotopic (exact) mass is 537 g/mol. The maximum atomic E-state index is 13.9. The van der Waals surface area contributed by atoms with Crippen molar-refractivity contribution in [2.75, 3.05) is 19.7 Å². The number of likely N-dealkylation sites (tertiary alicyclic amines) is 1. The van der Waals surface area contributed by atoms with E-state index < -0.39 is 17.4 Å². The second-order valence-corrected chi connectivity index (χ2v) is 9.51. The van der Waals surface area contributed by atoms with E-state index in [4.69, 9.17) is 9.84 Å². The van der Waals surface area contributed by atoms with E-state index in [2.05, 4.69) is 11.1 Å². The molecule has 202 valence electrons. The van der Waals surface area contributed by atoms with Crippen molar-refractivity contribution < 1.29 is 19.4 Å². The Morgan fingerprint density at radius 3 is 2.30 bits per heavy atom. The molecule has 4 aromatic rings. The molecule has 0 bridgehead atoms. The number of carbonyl (C=O) groups is 2. The Balaban J connectivity index is 1.54. The lowest BCUT2D eigenvalue weighted by molar-refractivity contribution is -0.145. The Labute approximate surface area is 230 Å². The number of nitrogens with zero attached hydrogens (tertiary/aromatic N) is 5. The van der Waals surface area contributed by atoms with Crippen LogP contribution in [0.1, 0.15) is 28.8 Å². The van der Waals surface area contributed by atoms with Gasteiger partial charge < -0.3 is 14.7 Å². The van der Waals surface area contributed by atoms with E-state index >= 15 is 0 Å². The Kier molecular flexibility index (Phi) is 7.57. The van der Waals surface area contributed by atoms with Gasteiger partial charge >= 0.3 is 5.97 Å². The van der Waals surface area contributed by atoms with Crippen LogP contribution in [-0.4, -0.2) is 62.0 Å². The summed E-state index contributed by atoms with van der Waals surface area (Å²) in [5.41, 5.74) is 3.43. The average Bonchev–Trinajstić information content (AvgIpc) is 3.25. The molecule has 0 radical (unpaired) electrons. The number of carbonyl (C=O) groups excluding carboxylic acids is 1. The molecule has 1 aliphatic heterocycles. The third kappa shape index (κ3) is 5.28. The van der Waals surface area contributed by atoms with E-state index in [9.17, 15) is 19.6 Å². The molecule has 1 N–H and O–H groups in total. The number of amides is 1. The van der Waals surface area contributed by atoms with Gasteiger partial charge in [0.15, 0.2) is 0 Å². The van der Waals surface area contributed by atoms with Gasteiger partial charge in [-0.15, -0.1) is 0 Å². The number of rotatable bonds is 7. The molecule has 0 saturated carbocycles. The first-order chi connectivity index (χ1) is 19.4. The standard InChI is InChI=1S/C30H27N5O5/c1-33-28(22-9-7-21(8-10-22)25-4-2-3-15-32-25)27(30(39)35(33)23-11-5-20(18-31)6-12-23)29(38)34-16-13-24(14-17-34)40-19-26(36)37/h2-12,15,24H,13-14,16-17,19H2,1H3,(H,36,37). The van der Waals surface area contributed by atoms with Crippen LogP contribution in [0.5, 0.6) is 0 Å². The van der Waals surface area contributed by atoms with Gasteiger partial charge in [-0.3, -0.25) is 19.3 Å². The molecule has 10 heteroatoms. The summed E-state index contributed by atoms with van der Waals surface area (Å²) in [6.07, 6.45) is 2.41. The highest BCUT2D eigenvalue weighted by Crippen LogP contribution is 2.28. The van der Waals surface area contributed by atoms with E-state index in [1.165, 1.54) is 4.68 Å². The van der Waals surface area contributed by atoms with Crippen LogP contribution in [0.2, 0.25) is 0 Å². The second-order valence-electron chi connectivity index (χ2n) is 9.51. The summed E-state index contributed by atoms with van der Waals surface area (Å²) in [5, 5.41) is 18.1. The molecule has 40 heavy (non-hydrogen) atoms. The second kappa shape index (κ2) is 11.4. The number of aromatic nitrogens is 3. The van der Waals surface area contributed by atoms with Gasteiger partial charge in [-0.25, -0.2) is 9.48 Å². The summed E-state index contributed by atoms with van der Waals surface area (Å²) in [4.78, 5) is 44.6. The number of pyridine rings is 1. The highest BCUT2D eigenvalue weighted by atomic mass is 16.5. The number of aliphatic carboxylic acids is 1. The molecule has 0 spiro atoms. The Morgan fingerprint density at radius 1 is 1.02 bits per heavy atom. The third-order valence-electron chi connectivity index (χ3n) is 7.01. The average molecular weight is 538 g/mol. The lowest BCUT2D eigenvalue weighted by atomic mass is 10.0. The van der Waals surface area contributed by atoms with Crippen molar-refractivity contribution in [2.24, 2.45) is 7.05 Å². The molecule has 1 saturated heterocycles. The zero-order chi connectivity index (χ0) is 28.2. The Hall–Kier alpha value is -5.01. The lowest BCUT2D eigenvalue weighted by Gasteiger charge is -2.31. The predicted octanol–water partition coefficient (Wildman–Crippen LogP) is 3.48. The third-order valence-corrected chi connectivity index (χ3v) is 7.01. The van der Waals surface area contributed by atoms with Crippen LogP contribution in [0.4, 0.5) is 0 Å². The molecule has 5 rings (SSSR count). The van der Waals surface area contributed by atoms with Crippen LogP contribution in [0, 0.1) is 11.3 Å². The Bertz CT molecular complexity index is 1630. The SMILES string of the molecule is Cn1c(-c2ccc(-c3ccccn3)cc2)c(C(=O)N2CCC(OCC(=O)O)CC2)c(=O)n1-c1ccc(C#N)cc1. The van der Waals surface area contributed by atoms with Gasteiger partial charge in [0.2, 0.25) is 0 Å². The van der Waals surface area contributed by atoms with Crippen LogP contribution < -0.4 is 5.56 Å². The number of piperidine rings is 1. The number of carboxylic acids is 1. The Morgan fingerprint density at radius 2 is 1.70 bits per heavy atom. The number of ether oxygens (including phenoxy) is 1. The highest BCUT2D eigenvalue weighted by molar-refractivity contribution is 6.00. The van der Waals surface area contributed by atoms with Gasteiger partial charge in [0.05, 0.1) is 34.8 Å². The topological polar surface area (TPSA) is 130 Å². The highest BCUT2D eigenvalue weighted by Gasteiger charge is 2.32. The van der Waals surface area contributed by atoms with Gasteiger partial charge in [0, 0.05) is 37.5 Å². The minimum Gasteiger partial charge on any atom is -0.480 e. The minimum absolute atomic E-state index is 0.0438. The summed E-state index contributed by atoms with van der Waals surface area (Å²) in [6.45, 7) is 0.296. The first-order valence-electron chi connectivity index (χ1n) is 12.8. The molecule has 1 fully saturated rings. The quantitative estimate of drug-likeness (QED) is 0.382. The smallest absolute Gasteiger partial charge is 0.329 e. The lowest BCUT2D eigenvalue weighted by Crippen LogP contribution is -2.42. The number of carboxylic acid groups (broad SMARTS) is 1.